The second-order valence-corrected chi connectivity index (χ2v) is 20.6. The average molecular weight is 945 g/mol. The molecule has 2 amide bonds. The van der Waals surface area contributed by atoms with Crippen molar-refractivity contribution in [3.05, 3.63) is 94.2 Å². The third kappa shape index (κ3) is 12.8. The summed E-state index contributed by atoms with van der Waals surface area (Å²) >= 11 is 0.686. The van der Waals surface area contributed by atoms with Gasteiger partial charge in [-0.1, -0.05) is 43.2 Å². The van der Waals surface area contributed by atoms with Crippen LogP contribution in [-0.2, 0) is 50.6 Å². The van der Waals surface area contributed by atoms with E-state index >= 15 is 0 Å². The molecule has 0 radical (unpaired) electrons. The zero-order valence-electron chi connectivity index (χ0n) is 34.1. The van der Waals surface area contributed by atoms with Crippen LogP contribution < -0.4 is 15.5 Å². The van der Waals surface area contributed by atoms with E-state index in [4.69, 9.17) is 5.26 Å². The molecule has 0 fully saturated rings. The fourth-order valence-corrected chi connectivity index (χ4v) is 9.22. The number of carbonyl (C=O) groups is 3. The number of nitrogens with zero attached hydrogens (tertiary/aromatic N) is 2. The number of aromatic carboxylic acids is 1. The van der Waals surface area contributed by atoms with Crippen molar-refractivity contribution >= 4 is 77.3 Å². The van der Waals surface area contributed by atoms with E-state index in [0.29, 0.717) is 46.0 Å². The number of amides is 2. The van der Waals surface area contributed by atoms with Crippen LogP contribution in [0.5, 0.6) is 0 Å². The first-order chi connectivity index (χ1) is 28.8. The van der Waals surface area contributed by atoms with Gasteiger partial charge >= 0.3 is 5.97 Å². The van der Waals surface area contributed by atoms with Crippen LogP contribution in [0.1, 0.15) is 82.7 Å². The Labute approximate surface area is 363 Å². The Morgan fingerprint density at radius 3 is 2.16 bits per heavy atom. The topological polar surface area (TPSA) is 306 Å². The molecule has 4 rings (SSSR count). The van der Waals surface area contributed by atoms with Gasteiger partial charge in [-0.05, 0) is 44.5 Å². The van der Waals surface area contributed by atoms with E-state index in [-0.39, 0.29) is 54.9 Å². The largest absolute Gasteiger partial charge is 0.748 e. The van der Waals surface area contributed by atoms with Gasteiger partial charge in [0.15, 0.2) is 5.71 Å². The minimum Gasteiger partial charge on any atom is -0.748 e. The SMILES string of the molecule is CC1(C)C(/C=C/C=C/C=C2/N(CCCS(=O)(=O)[O-])c3cc(C(=O)NCCSOOO)cc(C(=O)NCCS(=O)(=O)O)c3C2(C)C)=[N+](CCCS(=O)(=O)O)c2cccc(C(=O)O)c21. The van der Waals surface area contributed by atoms with Gasteiger partial charge in [0.1, 0.15) is 6.54 Å². The number of hydrogen-bond acceptors (Lipinski definition) is 15. The Morgan fingerprint density at radius 1 is 0.855 bits per heavy atom. The zero-order chi connectivity index (χ0) is 46.3. The Bertz CT molecular complexity index is 2530. The molecule has 2 aromatic carbocycles. The zero-order valence-corrected chi connectivity index (χ0v) is 37.3. The lowest BCUT2D eigenvalue weighted by atomic mass is 9.79. The molecule has 0 aliphatic carbocycles. The fourth-order valence-electron chi connectivity index (χ4n) is 7.59. The van der Waals surface area contributed by atoms with E-state index in [1.807, 2.05) is 13.8 Å². The number of carboxylic acid groups (broad SMARTS) is 1. The quantitative estimate of drug-likeness (QED) is 0.0188. The van der Waals surface area contributed by atoms with Crippen molar-refractivity contribution in [3.63, 3.8) is 0 Å². The molecule has 62 heavy (non-hydrogen) atoms. The summed E-state index contributed by atoms with van der Waals surface area (Å²) in [6.45, 7) is 6.79. The summed E-state index contributed by atoms with van der Waals surface area (Å²) in [5.74, 6) is -4.50. The maximum atomic E-state index is 13.8. The van der Waals surface area contributed by atoms with E-state index in [0.717, 1.165) is 0 Å². The first-order valence-corrected chi connectivity index (χ1v) is 24.5. The van der Waals surface area contributed by atoms with Crippen molar-refractivity contribution < 1.29 is 77.6 Å². The molecule has 2 heterocycles. The number of rotatable bonds is 22. The Morgan fingerprint density at radius 2 is 1.53 bits per heavy atom. The maximum absolute atomic E-state index is 13.8. The fraction of sp³-hybridized carbons (Fsp3) is 0.421. The lowest BCUT2D eigenvalue weighted by Gasteiger charge is -2.27. The number of benzene rings is 2. The third-order valence-electron chi connectivity index (χ3n) is 10.1. The summed E-state index contributed by atoms with van der Waals surface area (Å²) in [7, 11) is -13.4. The molecule has 2 aromatic rings. The second-order valence-electron chi connectivity index (χ2n) is 15.2. The normalized spacial score (nSPS) is 16.6. The monoisotopic (exact) mass is 944 g/mol. The summed E-state index contributed by atoms with van der Waals surface area (Å²) < 4.78 is 106. The molecule has 0 spiro atoms. The van der Waals surface area contributed by atoms with Crippen molar-refractivity contribution in [3.8, 4) is 0 Å². The van der Waals surface area contributed by atoms with Gasteiger partial charge in [0.2, 0.25) is 5.69 Å². The summed E-state index contributed by atoms with van der Waals surface area (Å²) in [5, 5.41) is 27.0. The number of anilines is 1. The number of nitrogens with one attached hydrogen (secondary N) is 2. The smallest absolute Gasteiger partial charge is 0.336 e. The predicted octanol–water partition coefficient (Wildman–Crippen LogP) is 3.19. The molecular formula is C38H48N4O16S4. The Kier molecular flexibility index (Phi) is 16.5. The van der Waals surface area contributed by atoms with Crippen LogP contribution in [0.2, 0.25) is 0 Å². The highest BCUT2D eigenvalue weighted by Gasteiger charge is 2.47. The van der Waals surface area contributed by atoms with Crippen molar-refractivity contribution in [1.82, 2.24) is 10.6 Å². The number of fused-ring (bicyclic) bond motifs is 2. The first-order valence-electron chi connectivity index (χ1n) is 18.8. The molecule has 0 bridgehead atoms. The van der Waals surface area contributed by atoms with E-state index in [9.17, 15) is 58.4 Å². The minimum absolute atomic E-state index is 0.0191. The molecule has 0 aromatic heterocycles. The predicted molar refractivity (Wildman–Crippen MR) is 228 cm³/mol. The highest BCUT2D eigenvalue weighted by atomic mass is 32.2. The van der Waals surface area contributed by atoms with Crippen LogP contribution in [0, 0.1) is 0 Å². The Hall–Kier alpha value is -4.50. The van der Waals surface area contributed by atoms with Crippen molar-refractivity contribution in [2.45, 2.75) is 51.4 Å². The van der Waals surface area contributed by atoms with E-state index in [1.54, 1.807) is 65.8 Å². The van der Waals surface area contributed by atoms with Gasteiger partial charge in [-0.25, -0.2) is 18.5 Å². The van der Waals surface area contributed by atoms with Crippen LogP contribution in [-0.4, -0.2) is 127 Å². The molecule has 20 nitrogen and oxygen atoms in total. The highest BCUT2D eigenvalue weighted by Crippen LogP contribution is 2.50. The molecule has 0 saturated carbocycles. The molecular weight excluding hydrogens is 897 g/mol. The van der Waals surface area contributed by atoms with Crippen molar-refractivity contribution in [1.29, 1.82) is 0 Å². The standard InChI is InChI=1S/C38H48N4O16S4/c1-37(2)30(41(17-9-20-60(48,49)50)28-12-8-11-26(32(28)37)36(45)46)13-6-5-7-14-31-38(3,4)33-27(35(44)40-16-22-62(54,55)56)23-25(34(43)39-15-19-59-58-57-47)24-29(33)42(31)18-10-21-61(51,52)53/h5-8,11-14,23-24H,9-10,15-22H2,1-4H3,(H6-,39,40,43,44,45,46,47,48,49,50,51,52,53,54,55,56). The van der Waals surface area contributed by atoms with Crippen LogP contribution >= 0.6 is 12.0 Å². The highest BCUT2D eigenvalue weighted by molar-refractivity contribution is 7.94. The molecule has 0 unspecified atom stereocenters. The first kappa shape index (κ1) is 50.1. The molecule has 0 atom stereocenters. The van der Waals surface area contributed by atoms with Gasteiger partial charge in [-0.3, -0.25) is 18.7 Å². The molecule has 0 saturated heterocycles. The lowest BCUT2D eigenvalue weighted by Crippen LogP contribution is -2.32. The van der Waals surface area contributed by atoms with Crippen LogP contribution in [0.15, 0.2) is 66.4 Å². The lowest BCUT2D eigenvalue weighted by molar-refractivity contribution is -0.437. The summed E-state index contributed by atoms with van der Waals surface area (Å²) in [5.41, 5.74) is 0.962. The van der Waals surface area contributed by atoms with Gasteiger partial charge in [0.05, 0.1) is 38.2 Å². The molecule has 24 heteroatoms. The number of carboxylic acids is 1. The van der Waals surface area contributed by atoms with Crippen molar-refractivity contribution in [2.24, 2.45) is 0 Å². The summed E-state index contributed by atoms with van der Waals surface area (Å²) in [6.07, 6.45) is 8.26. The third-order valence-corrected chi connectivity index (χ3v) is 12.9. The van der Waals surface area contributed by atoms with Gasteiger partial charge in [0, 0.05) is 95.2 Å². The second kappa shape index (κ2) is 20.3. The van der Waals surface area contributed by atoms with Gasteiger partial charge in [-0.15, -0.1) is 4.33 Å². The van der Waals surface area contributed by atoms with Gasteiger partial charge in [0.25, 0.3) is 32.1 Å². The van der Waals surface area contributed by atoms with E-state index in [1.165, 1.54) is 18.2 Å². The number of allylic oxidation sites excluding steroid dienone is 6. The maximum Gasteiger partial charge on any atom is 0.336 e. The minimum atomic E-state index is -4.64. The molecule has 340 valence electrons. The van der Waals surface area contributed by atoms with Crippen LogP contribution in [0.25, 0.3) is 0 Å². The van der Waals surface area contributed by atoms with Gasteiger partial charge in [-0.2, -0.15) is 21.4 Å². The summed E-state index contributed by atoms with van der Waals surface area (Å²) in [6, 6.07) is 7.58. The summed E-state index contributed by atoms with van der Waals surface area (Å²) in [4.78, 5) is 41.1. The van der Waals surface area contributed by atoms with Crippen molar-refractivity contribution in [2.75, 3.05) is 54.1 Å². The van der Waals surface area contributed by atoms with Crippen LogP contribution in [0.4, 0.5) is 11.4 Å². The Balaban J connectivity index is 1.80. The molecule has 2 aliphatic rings. The number of hydrogen-bond donors (Lipinski definition) is 6. The van der Waals surface area contributed by atoms with Crippen LogP contribution in [0.3, 0.4) is 0 Å². The van der Waals surface area contributed by atoms with Gasteiger partial charge < -0.3 is 25.2 Å². The van der Waals surface area contributed by atoms with E-state index in [2.05, 4.69) is 20.0 Å². The molecule has 2 aliphatic heterocycles. The number of carbonyl (C=O) groups excluding carboxylic acids is 2. The van der Waals surface area contributed by atoms with E-state index < -0.39 is 82.8 Å². The molecule has 6 N–H and O–H groups in total. The average Bonchev–Trinajstić information content (AvgIpc) is 3.50.